The molecule has 0 heterocycles. The molecule has 0 amide bonds. The second kappa shape index (κ2) is 14.5. The van der Waals surface area contributed by atoms with E-state index in [0.29, 0.717) is 19.3 Å². The summed E-state index contributed by atoms with van der Waals surface area (Å²) in [4.78, 5) is 23.4. The Labute approximate surface area is 182 Å². The highest BCUT2D eigenvalue weighted by atomic mass is 16.3. The van der Waals surface area contributed by atoms with Crippen molar-refractivity contribution in [2.45, 2.75) is 102 Å². The van der Waals surface area contributed by atoms with Gasteiger partial charge in [0.05, 0.1) is 6.10 Å². The van der Waals surface area contributed by atoms with Crippen molar-refractivity contribution < 1.29 is 24.9 Å². The maximum Gasteiger partial charge on any atom is 0.158 e. The van der Waals surface area contributed by atoms with E-state index in [9.17, 15) is 19.8 Å². The summed E-state index contributed by atoms with van der Waals surface area (Å²) < 4.78 is 0. The molecule has 30 heavy (non-hydrogen) atoms. The van der Waals surface area contributed by atoms with Crippen molar-refractivity contribution >= 4 is 11.6 Å². The van der Waals surface area contributed by atoms with Crippen LogP contribution in [0.25, 0.3) is 0 Å². The molecular formula is C25H40O5. The molecule has 0 aromatic carbocycles. The topological polar surface area (TPSA) is 94.8 Å². The average molecular weight is 421 g/mol. The molecule has 0 aromatic rings. The van der Waals surface area contributed by atoms with Gasteiger partial charge in [-0.1, -0.05) is 63.5 Å². The van der Waals surface area contributed by atoms with Crippen LogP contribution >= 0.6 is 0 Å². The second-order valence-electron chi connectivity index (χ2n) is 8.69. The number of hydrogen-bond acceptors (Lipinski definition) is 5. The zero-order valence-electron chi connectivity index (χ0n) is 18.5. The molecule has 1 fully saturated rings. The highest BCUT2D eigenvalue weighted by molar-refractivity contribution is 5.84. The van der Waals surface area contributed by atoms with E-state index < -0.39 is 18.3 Å². The number of unbranched alkanes of at least 4 members (excludes halogenated alkanes) is 6. The summed E-state index contributed by atoms with van der Waals surface area (Å²) in [5.41, 5.74) is -1.17. The summed E-state index contributed by atoms with van der Waals surface area (Å²) in [7, 11) is 0. The monoisotopic (exact) mass is 420 g/mol. The third kappa shape index (κ3) is 9.55. The van der Waals surface area contributed by atoms with Crippen molar-refractivity contribution in [2.75, 3.05) is 6.61 Å². The summed E-state index contributed by atoms with van der Waals surface area (Å²) in [6.45, 7) is 1.75. The lowest BCUT2D eigenvalue weighted by Gasteiger charge is -2.21. The Morgan fingerprint density at radius 2 is 1.90 bits per heavy atom. The first-order valence-electron chi connectivity index (χ1n) is 11.6. The SMILES string of the molecule is C#CC(O)(C/C=C/[C@H]1[C@H](O)CC(=O)[C@@H]1CCCCCCC(=O)CO)CCCCCC. The van der Waals surface area contributed by atoms with Crippen LogP contribution in [0.4, 0.5) is 0 Å². The minimum absolute atomic E-state index is 0.0967. The average Bonchev–Trinajstić information content (AvgIpc) is 3.00. The predicted molar refractivity (Wildman–Crippen MR) is 119 cm³/mol. The molecule has 0 aromatic heterocycles. The van der Waals surface area contributed by atoms with Gasteiger partial charge < -0.3 is 15.3 Å². The molecule has 1 unspecified atom stereocenters. The van der Waals surface area contributed by atoms with E-state index in [0.717, 1.165) is 57.8 Å². The second-order valence-corrected chi connectivity index (χ2v) is 8.69. The van der Waals surface area contributed by atoms with E-state index in [1.54, 1.807) is 0 Å². The van der Waals surface area contributed by atoms with E-state index in [2.05, 4.69) is 12.8 Å². The van der Waals surface area contributed by atoms with Gasteiger partial charge in [0.15, 0.2) is 5.78 Å². The van der Waals surface area contributed by atoms with Gasteiger partial charge in [-0.15, -0.1) is 6.42 Å². The molecule has 1 aliphatic carbocycles. The van der Waals surface area contributed by atoms with Crippen molar-refractivity contribution in [2.24, 2.45) is 11.8 Å². The number of aliphatic hydroxyl groups excluding tert-OH is 2. The summed E-state index contributed by atoms with van der Waals surface area (Å²) in [5, 5.41) is 29.6. The lowest BCUT2D eigenvalue weighted by molar-refractivity contribution is -0.122. The lowest BCUT2D eigenvalue weighted by Crippen LogP contribution is -2.25. The summed E-state index contributed by atoms with van der Waals surface area (Å²) in [5.74, 6) is 2.06. The highest BCUT2D eigenvalue weighted by Crippen LogP contribution is 2.34. The lowest BCUT2D eigenvalue weighted by atomic mass is 9.87. The predicted octanol–water partition coefficient (Wildman–Crippen LogP) is 3.74. The fraction of sp³-hybridized carbons (Fsp3) is 0.760. The molecule has 0 bridgehead atoms. The fourth-order valence-corrected chi connectivity index (χ4v) is 4.21. The number of terminal acetylenes is 1. The first kappa shape index (κ1) is 26.6. The minimum Gasteiger partial charge on any atom is -0.392 e. The maximum absolute atomic E-state index is 12.3. The first-order valence-corrected chi connectivity index (χ1v) is 11.6. The van der Waals surface area contributed by atoms with Gasteiger partial charge in [0.1, 0.15) is 18.0 Å². The van der Waals surface area contributed by atoms with E-state index in [4.69, 9.17) is 11.5 Å². The number of rotatable bonds is 16. The maximum atomic E-state index is 12.3. The number of aliphatic hydroxyl groups is 3. The highest BCUT2D eigenvalue weighted by Gasteiger charge is 2.39. The zero-order chi connectivity index (χ0) is 22.4. The molecule has 1 rings (SSSR count). The van der Waals surface area contributed by atoms with Crippen LogP contribution in [-0.2, 0) is 9.59 Å². The van der Waals surface area contributed by atoms with E-state index in [1.807, 2.05) is 12.2 Å². The summed E-state index contributed by atoms with van der Waals surface area (Å²) >= 11 is 0. The smallest absolute Gasteiger partial charge is 0.158 e. The van der Waals surface area contributed by atoms with Gasteiger partial charge in [-0.3, -0.25) is 9.59 Å². The number of Topliss-reactive ketones (excluding diaryl/α,β-unsaturated/α-hetero) is 2. The standard InChI is InChI=1S/C25H40O5/c1-3-5-6-11-16-25(30,4-2)17-12-15-22-21(23(28)18-24(22)29)14-10-8-7-9-13-20(27)19-26/h2,12,15,21-22,24,26,29-30H,3,5-11,13-14,16-19H2,1H3/b15-12+/t21-,22-,24-,25?/m1/s1. The molecule has 0 radical (unpaired) electrons. The molecule has 170 valence electrons. The van der Waals surface area contributed by atoms with Crippen molar-refractivity contribution in [3.8, 4) is 12.3 Å². The van der Waals surface area contributed by atoms with Crippen molar-refractivity contribution in [3.63, 3.8) is 0 Å². The molecule has 4 atom stereocenters. The summed E-state index contributed by atoms with van der Waals surface area (Å²) in [6.07, 6.45) is 18.4. The van der Waals surface area contributed by atoms with Gasteiger partial charge >= 0.3 is 0 Å². The molecular weight excluding hydrogens is 380 g/mol. The molecule has 0 saturated heterocycles. The molecule has 5 heteroatoms. The number of carbonyl (C=O) groups excluding carboxylic acids is 2. The normalized spacial score (nSPS) is 23.6. The molecule has 1 saturated carbocycles. The van der Waals surface area contributed by atoms with Crippen molar-refractivity contribution in [3.05, 3.63) is 12.2 Å². The van der Waals surface area contributed by atoms with Crippen LogP contribution in [-0.4, -0.2) is 45.2 Å². The molecule has 0 aliphatic heterocycles. The van der Waals surface area contributed by atoms with Gasteiger partial charge in [-0.05, 0) is 25.7 Å². The number of carbonyl (C=O) groups is 2. The third-order valence-electron chi connectivity index (χ3n) is 6.16. The number of hydrogen-bond donors (Lipinski definition) is 3. The van der Waals surface area contributed by atoms with Crippen molar-refractivity contribution in [1.82, 2.24) is 0 Å². The van der Waals surface area contributed by atoms with Crippen LogP contribution < -0.4 is 0 Å². The van der Waals surface area contributed by atoms with Crippen LogP contribution in [0.3, 0.4) is 0 Å². The Bertz CT molecular complexity index is 591. The van der Waals surface area contributed by atoms with E-state index in [-0.39, 0.29) is 29.8 Å². The Morgan fingerprint density at radius 3 is 2.57 bits per heavy atom. The fourth-order valence-electron chi connectivity index (χ4n) is 4.21. The third-order valence-corrected chi connectivity index (χ3v) is 6.16. The van der Waals surface area contributed by atoms with Gasteiger partial charge in [-0.2, -0.15) is 0 Å². The van der Waals surface area contributed by atoms with E-state index in [1.165, 1.54) is 0 Å². The first-order chi connectivity index (χ1) is 14.4. The van der Waals surface area contributed by atoms with Crippen LogP contribution in [0.15, 0.2) is 12.2 Å². The Balaban J connectivity index is 2.47. The van der Waals surface area contributed by atoms with Crippen LogP contribution in [0.1, 0.15) is 90.4 Å². The molecule has 1 aliphatic rings. The largest absolute Gasteiger partial charge is 0.392 e. The van der Waals surface area contributed by atoms with Crippen LogP contribution in [0.2, 0.25) is 0 Å². The minimum atomic E-state index is -1.17. The molecule has 5 nitrogen and oxygen atoms in total. The van der Waals surface area contributed by atoms with Crippen LogP contribution in [0.5, 0.6) is 0 Å². The molecule has 0 spiro atoms. The zero-order valence-corrected chi connectivity index (χ0v) is 18.5. The van der Waals surface area contributed by atoms with Gasteiger partial charge in [0, 0.05) is 31.1 Å². The van der Waals surface area contributed by atoms with Gasteiger partial charge in [0.2, 0.25) is 0 Å². The Hall–Kier alpha value is -1.48. The summed E-state index contributed by atoms with van der Waals surface area (Å²) in [6, 6.07) is 0. The Kier molecular flexibility index (Phi) is 12.8. The number of ketones is 2. The molecule has 3 N–H and O–H groups in total. The quantitative estimate of drug-likeness (QED) is 0.201. The van der Waals surface area contributed by atoms with Crippen molar-refractivity contribution in [1.29, 1.82) is 0 Å². The van der Waals surface area contributed by atoms with Gasteiger partial charge in [-0.25, -0.2) is 0 Å². The Morgan fingerprint density at radius 1 is 1.20 bits per heavy atom. The van der Waals surface area contributed by atoms with Gasteiger partial charge in [0.25, 0.3) is 0 Å². The van der Waals surface area contributed by atoms with E-state index >= 15 is 0 Å². The van der Waals surface area contributed by atoms with Crippen LogP contribution in [0, 0.1) is 24.2 Å².